The number of piperidine rings is 1. The smallest absolute Gasteiger partial charge is 0.0473 e. The summed E-state index contributed by atoms with van der Waals surface area (Å²) in [4.78, 5) is 0. The number of fused-ring (bicyclic) bond motifs is 1. The molecule has 2 heteroatoms. The third kappa shape index (κ3) is 3.65. The fourth-order valence-electron chi connectivity index (χ4n) is 6.38. The zero-order chi connectivity index (χ0) is 17.8. The minimum Gasteiger partial charge on any atom is -0.313 e. The molecule has 0 spiro atoms. The summed E-state index contributed by atoms with van der Waals surface area (Å²) in [6.45, 7) is 19.3. The molecule has 0 aromatic carbocycles. The van der Waals surface area contributed by atoms with E-state index >= 15 is 0 Å². The molecule has 140 valence electrons. The molecular formula is C22H43NSi. The molecule has 1 aliphatic heterocycles. The van der Waals surface area contributed by atoms with Crippen molar-refractivity contribution in [1.82, 2.24) is 5.32 Å². The first-order chi connectivity index (χ1) is 11.0. The van der Waals surface area contributed by atoms with Gasteiger partial charge in [-0.15, -0.1) is 0 Å². The minimum atomic E-state index is -0.975. The van der Waals surface area contributed by atoms with Crippen molar-refractivity contribution in [3.63, 3.8) is 0 Å². The van der Waals surface area contributed by atoms with Gasteiger partial charge in [-0.05, 0) is 72.8 Å². The molecule has 2 saturated carbocycles. The number of hydrogen-bond acceptors (Lipinski definition) is 1. The van der Waals surface area contributed by atoms with E-state index in [2.05, 4.69) is 52.7 Å². The molecule has 3 fully saturated rings. The number of nitrogens with one attached hydrogen (secondary N) is 1. The van der Waals surface area contributed by atoms with E-state index in [4.69, 9.17) is 0 Å². The van der Waals surface area contributed by atoms with Gasteiger partial charge >= 0.3 is 0 Å². The van der Waals surface area contributed by atoms with E-state index in [-0.39, 0.29) is 0 Å². The molecule has 1 heterocycles. The molecule has 3 rings (SSSR count). The minimum absolute atomic E-state index is 0.533. The van der Waals surface area contributed by atoms with Gasteiger partial charge in [-0.2, -0.15) is 0 Å². The van der Waals surface area contributed by atoms with Crippen LogP contribution in [0.3, 0.4) is 0 Å². The van der Waals surface area contributed by atoms with E-state index in [0.29, 0.717) is 10.8 Å². The van der Waals surface area contributed by atoms with Crippen LogP contribution in [0.15, 0.2) is 0 Å². The van der Waals surface area contributed by atoms with Gasteiger partial charge in [0, 0.05) is 14.1 Å². The van der Waals surface area contributed by atoms with Crippen molar-refractivity contribution in [2.75, 3.05) is 6.54 Å². The van der Waals surface area contributed by atoms with Crippen LogP contribution in [0.1, 0.15) is 72.6 Å². The maximum Gasteiger partial charge on any atom is 0.0473 e. The molecule has 0 aromatic heterocycles. The fraction of sp³-hybridized carbons (Fsp3) is 1.00. The Morgan fingerprint density at radius 3 is 2.08 bits per heavy atom. The summed E-state index contributed by atoms with van der Waals surface area (Å²) in [5.41, 5.74) is 2.14. The third-order valence-corrected chi connectivity index (χ3v) is 11.5. The molecule has 5 atom stereocenters. The molecule has 24 heavy (non-hydrogen) atoms. The molecule has 0 aromatic rings. The Kier molecular flexibility index (Phi) is 5.06. The molecule has 1 nitrogen and oxygen atoms in total. The van der Waals surface area contributed by atoms with Crippen molar-refractivity contribution >= 4 is 8.07 Å². The fourth-order valence-corrected chi connectivity index (χ4v) is 8.46. The van der Waals surface area contributed by atoms with Crippen molar-refractivity contribution in [2.45, 2.75) is 104 Å². The topological polar surface area (TPSA) is 12.0 Å². The Balaban J connectivity index is 1.71. The zero-order valence-electron chi connectivity index (χ0n) is 17.5. The second kappa shape index (κ2) is 6.41. The predicted molar refractivity (Wildman–Crippen MR) is 109 cm³/mol. The summed E-state index contributed by atoms with van der Waals surface area (Å²) in [5, 5.41) is 4.07. The van der Waals surface area contributed by atoms with Crippen LogP contribution in [0.2, 0.25) is 25.2 Å². The lowest BCUT2D eigenvalue weighted by molar-refractivity contribution is -0.0540. The molecule has 0 radical (unpaired) electrons. The molecular weight excluding hydrogens is 306 g/mol. The maximum absolute atomic E-state index is 4.07. The van der Waals surface area contributed by atoms with Crippen molar-refractivity contribution in [2.24, 2.45) is 28.6 Å². The summed E-state index contributed by atoms with van der Waals surface area (Å²) in [6, 6.07) is 0.804. The number of hydrogen-bond donors (Lipinski definition) is 1. The second-order valence-electron chi connectivity index (χ2n) is 11.9. The van der Waals surface area contributed by atoms with E-state index < -0.39 is 8.07 Å². The van der Waals surface area contributed by atoms with Gasteiger partial charge in [0.05, 0.1) is 0 Å². The average molecular weight is 350 g/mol. The lowest BCUT2D eigenvalue weighted by Crippen LogP contribution is -2.57. The van der Waals surface area contributed by atoms with Gasteiger partial charge < -0.3 is 5.32 Å². The molecule has 0 bridgehead atoms. The van der Waals surface area contributed by atoms with Crippen molar-refractivity contribution in [3.05, 3.63) is 0 Å². The van der Waals surface area contributed by atoms with E-state index in [1.165, 1.54) is 51.5 Å². The van der Waals surface area contributed by atoms with Crippen molar-refractivity contribution in [1.29, 1.82) is 0 Å². The Hall–Kier alpha value is 0.177. The van der Waals surface area contributed by atoms with Crippen LogP contribution in [-0.4, -0.2) is 20.7 Å². The second-order valence-corrected chi connectivity index (χ2v) is 17.5. The van der Waals surface area contributed by atoms with Crippen molar-refractivity contribution in [3.8, 4) is 0 Å². The summed E-state index contributed by atoms with van der Waals surface area (Å²) < 4.78 is 0. The van der Waals surface area contributed by atoms with Gasteiger partial charge in [0.25, 0.3) is 0 Å². The normalized spacial score (nSPS) is 42.4. The van der Waals surface area contributed by atoms with Gasteiger partial charge in [0.1, 0.15) is 0 Å². The van der Waals surface area contributed by atoms with Gasteiger partial charge in [0.15, 0.2) is 0 Å². The molecule has 3 aliphatic rings. The highest BCUT2D eigenvalue weighted by Crippen LogP contribution is 2.56. The molecule has 1 N–H and O–H groups in total. The standard InChI is InChI=1S/C22H43NSi/c1-21(2)11-12-22(3,4)19-15-23-20(14-18(19)21)16-9-8-10-17(13-16)24(5,6)7/h16-20,23H,8-15H2,1-7H3. The van der Waals surface area contributed by atoms with Gasteiger partial charge in [-0.1, -0.05) is 60.2 Å². The van der Waals surface area contributed by atoms with E-state index in [1.54, 1.807) is 0 Å². The first kappa shape index (κ1) is 19.0. The van der Waals surface area contributed by atoms with Crippen LogP contribution >= 0.6 is 0 Å². The summed E-state index contributed by atoms with van der Waals surface area (Å²) in [7, 11) is -0.975. The van der Waals surface area contributed by atoms with Crippen LogP contribution in [0.25, 0.3) is 0 Å². The lowest BCUT2D eigenvalue weighted by atomic mass is 9.51. The Labute approximate surface area is 152 Å². The van der Waals surface area contributed by atoms with Crippen LogP contribution in [0, 0.1) is 28.6 Å². The van der Waals surface area contributed by atoms with E-state index in [0.717, 1.165) is 29.3 Å². The van der Waals surface area contributed by atoms with Crippen LogP contribution in [0.4, 0.5) is 0 Å². The summed E-state index contributed by atoms with van der Waals surface area (Å²) in [6.07, 6.45) is 10.3. The molecule has 5 unspecified atom stereocenters. The van der Waals surface area contributed by atoms with Crippen LogP contribution in [0.5, 0.6) is 0 Å². The first-order valence-electron chi connectivity index (χ1n) is 10.7. The molecule has 1 saturated heterocycles. The van der Waals surface area contributed by atoms with Crippen LogP contribution in [-0.2, 0) is 0 Å². The quantitative estimate of drug-likeness (QED) is 0.575. The Morgan fingerprint density at radius 1 is 0.833 bits per heavy atom. The molecule has 0 amide bonds. The highest BCUT2D eigenvalue weighted by Gasteiger charge is 2.51. The largest absolute Gasteiger partial charge is 0.313 e. The first-order valence-corrected chi connectivity index (χ1v) is 14.3. The van der Waals surface area contributed by atoms with E-state index in [9.17, 15) is 0 Å². The maximum atomic E-state index is 4.07. The van der Waals surface area contributed by atoms with Crippen molar-refractivity contribution < 1.29 is 0 Å². The van der Waals surface area contributed by atoms with Gasteiger partial charge in [-0.25, -0.2) is 0 Å². The van der Waals surface area contributed by atoms with Crippen LogP contribution < -0.4 is 5.32 Å². The lowest BCUT2D eigenvalue weighted by Gasteiger charge is -2.57. The summed E-state index contributed by atoms with van der Waals surface area (Å²) in [5.74, 6) is 2.77. The monoisotopic (exact) mass is 349 g/mol. The average Bonchev–Trinajstić information content (AvgIpc) is 2.51. The Bertz CT molecular complexity index is 447. The predicted octanol–water partition coefficient (Wildman–Crippen LogP) is 6.33. The van der Waals surface area contributed by atoms with Gasteiger partial charge in [0.2, 0.25) is 0 Å². The Morgan fingerprint density at radius 2 is 1.46 bits per heavy atom. The third-order valence-electron chi connectivity index (χ3n) is 8.52. The van der Waals surface area contributed by atoms with Gasteiger partial charge in [-0.3, -0.25) is 0 Å². The highest BCUT2D eigenvalue weighted by molar-refractivity contribution is 6.77. The SMILES string of the molecule is CC1(C)CCC(C)(C)C2CC(C3CCCC([Si](C)(C)C)C3)NCC21. The number of rotatable bonds is 2. The highest BCUT2D eigenvalue weighted by atomic mass is 28.3. The van der Waals surface area contributed by atoms with E-state index in [1.807, 2.05) is 0 Å². The summed E-state index contributed by atoms with van der Waals surface area (Å²) >= 11 is 0. The zero-order valence-corrected chi connectivity index (χ0v) is 18.5. The molecule has 2 aliphatic carbocycles.